The van der Waals surface area contributed by atoms with Gasteiger partial charge in [-0.15, -0.1) is 0 Å². The molecule has 0 unspecified atom stereocenters. The molecule has 0 aliphatic carbocycles. The van der Waals surface area contributed by atoms with Gasteiger partial charge in [0.05, 0.1) is 16.7 Å². The highest BCUT2D eigenvalue weighted by Crippen LogP contribution is 2.61. The van der Waals surface area contributed by atoms with Crippen LogP contribution in [0, 0.1) is 0 Å². The van der Waals surface area contributed by atoms with Crippen LogP contribution in [0.4, 0.5) is 5.69 Å². The summed E-state index contributed by atoms with van der Waals surface area (Å²) >= 11 is 0. The molecule has 0 heterocycles. The van der Waals surface area contributed by atoms with Gasteiger partial charge in [0.2, 0.25) is 0 Å². The van der Waals surface area contributed by atoms with E-state index >= 15 is 0 Å². The highest BCUT2D eigenvalue weighted by Gasteiger charge is 2.48. The summed E-state index contributed by atoms with van der Waals surface area (Å²) < 4.78 is 31.1. The first-order chi connectivity index (χ1) is 24.5. The van der Waals surface area contributed by atoms with Gasteiger partial charge in [0, 0.05) is 11.1 Å². The molecule has 8 aromatic rings. The zero-order valence-electron chi connectivity index (χ0n) is 27.4. The van der Waals surface area contributed by atoms with E-state index in [2.05, 4.69) is 144 Å². The van der Waals surface area contributed by atoms with Crippen molar-refractivity contribution in [1.82, 2.24) is 0 Å². The number of sulfonamides is 1. The van der Waals surface area contributed by atoms with Crippen LogP contribution in [-0.2, 0) is 16.2 Å². The first-order valence-corrected chi connectivity index (χ1v) is 20.2. The fourth-order valence-electron chi connectivity index (χ4n) is 7.19. The molecular weight excluding hydrogens is 650 g/mol. The molecule has 1 N–H and O–H groups in total. The Morgan fingerprint density at radius 1 is 0.440 bits per heavy atom. The van der Waals surface area contributed by atoms with Gasteiger partial charge >= 0.3 is 0 Å². The van der Waals surface area contributed by atoms with Crippen molar-refractivity contribution in [1.29, 1.82) is 0 Å². The molecule has 0 bridgehead atoms. The molecular formula is C45H35NO2PS+. The van der Waals surface area contributed by atoms with Gasteiger partial charge in [0.1, 0.15) is 23.2 Å². The number of anilines is 1. The van der Waals surface area contributed by atoms with E-state index < -0.39 is 17.3 Å². The Hall–Kier alpha value is -5.54. The van der Waals surface area contributed by atoms with Gasteiger partial charge in [-0.05, 0) is 75.6 Å². The van der Waals surface area contributed by atoms with Crippen LogP contribution < -0.4 is 20.6 Å². The molecule has 0 atom stereocenters. The lowest BCUT2D eigenvalue weighted by atomic mass is 9.92. The third-order valence-electron chi connectivity index (χ3n) is 9.45. The highest BCUT2D eigenvalue weighted by molar-refractivity contribution is 7.95. The molecule has 242 valence electrons. The van der Waals surface area contributed by atoms with E-state index in [-0.39, 0.29) is 4.90 Å². The lowest BCUT2D eigenvalue weighted by Gasteiger charge is -2.31. The third kappa shape index (κ3) is 5.77. The van der Waals surface area contributed by atoms with Crippen molar-refractivity contribution in [2.45, 2.75) is 11.1 Å². The average molecular weight is 685 g/mol. The second kappa shape index (κ2) is 13.4. The van der Waals surface area contributed by atoms with E-state index in [0.717, 1.165) is 38.8 Å². The summed E-state index contributed by atoms with van der Waals surface area (Å²) in [4.78, 5) is 0.219. The Kier molecular flexibility index (Phi) is 8.50. The van der Waals surface area contributed by atoms with Crippen molar-refractivity contribution in [2.24, 2.45) is 0 Å². The second-order valence-electron chi connectivity index (χ2n) is 12.4. The van der Waals surface area contributed by atoms with Gasteiger partial charge in [0.15, 0.2) is 0 Å². The number of hydrogen-bond acceptors (Lipinski definition) is 2. The molecule has 0 saturated carbocycles. The fourth-order valence-corrected chi connectivity index (χ4v) is 12.7. The molecule has 0 spiro atoms. The summed E-state index contributed by atoms with van der Waals surface area (Å²) in [5, 5.41) is 7.92. The first kappa shape index (κ1) is 31.7. The van der Waals surface area contributed by atoms with Crippen molar-refractivity contribution in [3.8, 4) is 11.1 Å². The molecule has 8 rings (SSSR count). The van der Waals surface area contributed by atoms with Crippen molar-refractivity contribution < 1.29 is 8.42 Å². The van der Waals surface area contributed by atoms with Gasteiger partial charge < -0.3 is 0 Å². The van der Waals surface area contributed by atoms with Crippen LogP contribution in [0.2, 0.25) is 0 Å². The maximum absolute atomic E-state index is 14.0. The molecule has 8 aromatic carbocycles. The van der Waals surface area contributed by atoms with Crippen LogP contribution in [0.5, 0.6) is 0 Å². The lowest BCUT2D eigenvalue weighted by molar-refractivity contribution is 0.601. The summed E-state index contributed by atoms with van der Waals surface area (Å²) in [6.45, 7) is 0. The summed E-state index contributed by atoms with van der Waals surface area (Å²) in [6.07, 6.45) is 0.795. The number of rotatable bonds is 9. The predicted molar refractivity (Wildman–Crippen MR) is 213 cm³/mol. The van der Waals surface area contributed by atoms with E-state index in [1.54, 1.807) is 24.3 Å². The van der Waals surface area contributed by atoms with Crippen molar-refractivity contribution in [3.63, 3.8) is 0 Å². The van der Waals surface area contributed by atoms with Crippen molar-refractivity contribution in [2.75, 3.05) is 4.72 Å². The zero-order chi connectivity index (χ0) is 34.0. The zero-order valence-corrected chi connectivity index (χ0v) is 29.1. The fraction of sp³-hybridized carbons (Fsp3) is 0.0222. The van der Waals surface area contributed by atoms with Gasteiger partial charge in [-0.3, -0.25) is 4.72 Å². The van der Waals surface area contributed by atoms with E-state index in [1.165, 1.54) is 21.5 Å². The number of nitrogens with one attached hydrogen (secondary N) is 1. The molecule has 0 aliphatic rings. The Morgan fingerprint density at radius 3 is 1.48 bits per heavy atom. The molecule has 5 heteroatoms. The van der Waals surface area contributed by atoms with Gasteiger partial charge in [-0.2, -0.15) is 0 Å². The minimum Gasteiger partial charge on any atom is -0.279 e. The minimum absolute atomic E-state index is 0.219. The molecule has 0 aliphatic heterocycles. The smallest absolute Gasteiger partial charge is 0.261 e. The first-order valence-electron chi connectivity index (χ1n) is 16.7. The van der Waals surface area contributed by atoms with Gasteiger partial charge in [0.25, 0.3) is 10.0 Å². The molecule has 0 saturated heterocycles. The Bertz CT molecular complexity index is 2500. The monoisotopic (exact) mass is 684 g/mol. The van der Waals surface area contributed by atoms with Crippen LogP contribution in [-0.4, -0.2) is 8.42 Å². The highest BCUT2D eigenvalue weighted by atomic mass is 32.2. The van der Waals surface area contributed by atoms with Crippen LogP contribution in [0.3, 0.4) is 0 Å². The van der Waals surface area contributed by atoms with Crippen LogP contribution in [0.1, 0.15) is 5.56 Å². The van der Waals surface area contributed by atoms with E-state index in [0.29, 0.717) is 5.69 Å². The largest absolute Gasteiger partial charge is 0.279 e. The van der Waals surface area contributed by atoms with Crippen LogP contribution >= 0.6 is 7.26 Å². The second-order valence-corrected chi connectivity index (χ2v) is 17.6. The molecule has 50 heavy (non-hydrogen) atoms. The molecule has 0 fully saturated rings. The number of fused-ring (bicyclic) bond motifs is 2. The predicted octanol–water partition coefficient (Wildman–Crippen LogP) is 9.95. The summed E-state index contributed by atoms with van der Waals surface area (Å²) in [5.74, 6) is 0. The van der Waals surface area contributed by atoms with Crippen LogP contribution in [0.25, 0.3) is 32.7 Å². The lowest BCUT2D eigenvalue weighted by Crippen LogP contribution is -2.34. The van der Waals surface area contributed by atoms with E-state index in [9.17, 15) is 8.42 Å². The van der Waals surface area contributed by atoms with Crippen molar-refractivity contribution >= 4 is 60.4 Å². The quantitative estimate of drug-likeness (QED) is 0.154. The summed E-state index contributed by atoms with van der Waals surface area (Å²) in [6, 6.07) is 66.3. The average Bonchev–Trinajstić information content (AvgIpc) is 3.18. The SMILES string of the molecule is O=S(=O)(Nc1ccc2ccccc2c1-c1c([P+](Cc2ccccc2)(c2ccccc2)c2ccccc2)ccc2ccccc12)c1ccccc1. The Balaban J connectivity index is 1.53. The van der Waals surface area contributed by atoms with Crippen molar-refractivity contribution in [3.05, 3.63) is 200 Å². The van der Waals surface area contributed by atoms with E-state index in [4.69, 9.17) is 0 Å². The molecule has 0 amide bonds. The topological polar surface area (TPSA) is 46.2 Å². The normalized spacial score (nSPS) is 11.8. The number of benzene rings is 8. The third-order valence-corrected chi connectivity index (χ3v) is 15.2. The number of hydrogen-bond donors (Lipinski definition) is 1. The van der Waals surface area contributed by atoms with Crippen LogP contribution in [0.15, 0.2) is 199 Å². The van der Waals surface area contributed by atoms with Gasteiger partial charge in [-0.25, -0.2) is 8.42 Å². The van der Waals surface area contributed by atoms with Gasteiger partial charge in [-0.1, -0.05) is 146 Å². The maximum Gasteiger partial charge on any atom is 0.261 e. The van der Waals surface area contributed by atoms with E-state index in [1.807, 2.05) is 30.3 Å². The summed E-state index contributed by atoms with van der Waals surface area (Å²) in [7, 11) is -6.37. The summed E-state index contributed by atoms with van der Waals surface area (Å²) in [5.41, 5.74) is 3.71. The Labute approximate surface area is 294 Å². The molecule has 0 radical (unpaired) electrons. The minimum atomic E-state index is -3.91. The maximum atomic E-state index is 14.0. The Morgan fingerprint density at radius 2 is 0.900 bits per heavy atom. The molecule has 0 aromatic heterocycles. The standard InChI is InChI=1S/C45H35NO2PS/c47-50(48,39-25-11-4-12-26-39)46-42-31-29-35-19-13-15-27-40(35)44(42)45-41-28-16-14-20-36(41)30-32-43(45)49(37-21-7-2-8-22-37,38-23-9-3-10-24-38)33-34-17-5-1-6-18-34/h1-32,46H,33H2/q+1. The molecule has 3 nitrogen and oxygen atoms in total.